The van der Waals surface area contributed by atoms with Gasteiger partial charge in [-0.05, 0) is 19.8 Å². The van der Waals surface area contributed by atoms with E-state index in [9.17, 15) is 4.79 Å². The third-order valence-electron chi connectivity index (χ3n) is 8.14. The Bertz CT molecular complexity index is 401. The average Bonchev–Trinajstić information content (AvgIpc) is 2.85. The van der Waals surface area contributed by atoms with E-state index in [-0.39, 0.29) is 0 Å². The fourth-order valence-electron chi connectivity index (χ4n) is 5.54. The predicted molar refractivity (Wildman–Crippen MR) is 159 cm³/mol. The number of unbranched alkanes of at least 4 members (excludes halogenated alkanes) is 25. The van der Waals surface area contributed by atoms with Gasteiger partial charge in [-0.25, -0.2) is 0 Å². The van der Waals surface area contributed by atoms with Crippen LogP contribution in [0.15, 0.2) is 0 Å². The summed E-state index contributed by atoms with van der Waals surface area (Å²) >= 11 is 0. The lowest BCUT2D eigenvalue weighted by Gasteiger charge is -2.13. The second-order valence-electron chi connectivity index (χ2n) is 11.7. The number of carbonyl (C=O) groups is 1. The molecule has 0 heterocycles. The van der Waals surface area contributed by atoms with E-state index in [1.165, 1.54) is 173 Å². The highest BCUT2D eigenvalue weighted by Gasteiger charge is 2.13. The van der Waals surface area contributed by atoms with E-state index in [0.717, 1.165) is 12.8 Å². The molecule has 0 aromatic rings. The van der Waals surface area contributed by atoms with Crippen LogP contribution in [0.3, 0.4) is 0 Å². The number of rotatable bonds is 30. The Kier molecular flexibility index (Phi) is 29.6. The van der Waals surface area contributed by atoms with Gasteiger partial charge >= 0.3 is 0 Å². The molecule has 0 amide bonds. The first-order valence-electron chi connectivity index (χ1n) is 16.7. The van der Waals surface area contributed by atoms with Gasteiger partial charge in [0.2, 0.25) is 0 Å². The van der Waals surface area contributed by atoms with E-state index in [0.29, 0.717) is 11.7 Å². The van der Waals surface area contributed by atoms with Gasteiger partial charge in [0.15, 0.2) is 0 Å². The molecule has 1 nitrogen and oxygen atoms in total. The summed E-state index contributed by atoms with van der Waals surface area (Å²) in [5, 5.41) is 0. The highest BCUT2D eigenvalue weighted by Crippen LogP contribution is 2.21. The summed E-state index contributed by atoms with van der Waals surface area (Å²) in [5.74, 6) is 0.790. The molecule has 0 N–H and O–H groups in total. The summed E-state index contributed by atoms with van der Waals surface area (Å²) in [6.45, 7) is 6.42. The molecule has 1 atom stereocenters. The van der Waals surface area contributed by atoms with Gasteiger partial charge in [0.1, 0.15) is 5.78 Å². The summed E-state index contributed by atoms with van der Waals surface area (Å²) in [7, 11) is 0. The lowest BCUT2D eigenvalue weighted by molar-refractivity contribution is -0.121. The Morgan fingerprint density at radius 2 is 0.571 bits per heavy atom. The molecule has 210 valence electrons. The molecule has 0 spiro atoms. The van der Waals surface area contributed by atoms with Crippen LogP contribution in [0.25, 0.3) is 0 Å². The van der Waals surface area contributed by atoms with Crippen molar-refractivity contribution in [2.45, 2.75) is 207 Å². The summed E-state index contributed by atoms with van der Waals surface area (Å²) < 4.78 is 0. The van der Waals surface area contributed by atoms with E-state index in [1.807, 2.05) is 6.92 Å². The van der Waals surface area contributed by atoms with Crippen LogP contribution in [0.2, 0.25) is 0 Å². The zero-order valence-corrected chi connectivity index (χ0v) is 25.0. The number of carbonyl (C=O) groups excluding carboxylic acids is 1. The minimum atomic E-state index is 0.347. The first-order valence-corrected chi connectivity index (χ1v) is 16.7. The molecule has 0 aliphatic carbocycles. The van der Waals surface area contributed by atoms with E-state index >= 15 is 0 Å². The minimum absolute atomic E-state index is 0.347. The summed E-state index contributed by atoms with van der Waals surface area (Å²) in [6, 6.07) is 0. The molecule has 0 saturated heterocycles. The van der Waals surface area contributed by atoms with Gasteiger partial charge in [0.25, 0.3) is 0 Å². The number of Topliss-reactive ketones (excluding diaryl/α,β-unsaturated/α-hetero) is 1. The smallest absolute Gasteiger partial charge is 0.132 e. The highest BCUT2D eigenvalue weighted by atomic mass is 16.1. The standard InChI is InChI=1S/C34H68O/c1-4-6-8-10-12-14-16-18-20-22-24-26-28-30-32-34(33(3)35)31-29-27-25-23-21-19-17-15-13-11-9-7-5-2/h34H,4-32H2,1-3H3. The Labute approximate surface area is 223 Å². The van der Waals surface area contributed by atoms with Crippen molar-refractivity contribution in [3.05, 3.63) is 0 Å². The van der Waals surface area contributed by atoms with Crippen molar-refractivity contribution in [3.63, 3.8) is 0 Å². The first-order chi connectivity index (χ1) is 17.2. The van der Waals surface area contributed by atoms with Gasteiger partial charge in [0.05, 0.1) is 0 Å². The molecule has 0 aliphatic heterocycles. The van der Waals surface area contributed by atoms with Crippen LogP contribution in [-0.2, 0) is 4.79 Å². The van der Waals surface area contributed by atoms with Crippen LogP contribution in [-0.4, -0.2) is 5.78 Å². The fourth-order valence-corrected chi connectivity index (χ4v) is 5.54. The number of ketones is 1. The molecule has 0 saturated carbocycles. The van der Waals surface area contributed by atoms with Gasteiger partial charge in [-0.3, -0.25) is 4.79 Å². The molecule has 0 rings (SSSR count). The zero-order valence-electron chi connectivity index (χ0n) is 25.0. The van der Waals surface area contributed by atoms with E-state index < -0.39 is 0 Å². The van der Waals surface area contributed by atoms with Crippen LogP contribution in [0.5, 0.6) is 0 Å². The normalized spacial score (nSPS) is 12.3. The van der Waals surface area contributed by atoms with Crippen molar-refractivity contribution in [2.24, 2.45) is 5.92 Å². The zero-order chi connectivity index (χ0) is 25.7. The molecule has 1 unspecified atom stereocenters. The minimum Gasteiger partial charge on any atom is -0.300 e. The maximum atomic E-state index is 12.1. The maximum Gasteiger partial charge on any atom is 0.132 e. The fraction of sp³-hybridized carbons (Fsp3) is 0.971. The third kappa shape index (κ3) is 28.1. The van der Waals surface area contributed by atoms with Crippen molar-refractivity contribution in [1.29, 1.82) is 0 Å². The van der Waals surface area contributed by atoms with E-state index in [2.05, 4.69) is 13.8 Å². The van der Waals surface area contributed by atoms with Crippen molar-refractivity contribution < 1.29 is 4.79 Å². The molecule has 0 aromatic carbocycles. The summed E-state index contributed by atoms with van der Waals surface area (Å²) in [6.07, 6.45) is 40.2. The van der Waals surface area contributed by atoms with Crippen molar-refractivity contribution >= 4 is 5.78 Å². The molecule has 0 radical (unpaired) electrons. The number of hydrogen-bond donors (Lipinski definition) is 0. The Balaban J connectivity index is 3.40. The Morgan fingerprint density at radius 1 is 0.371 bits per heavy atom. The van der Waals surface area contributed by atoms with Gasteiger partial charge in [-0.15, -0.1) is 0 Å². The topological polar surface area (TPSA) is 17.1 Å². The average molecular weight is 493 g/mol. The Hall–Kier alpha value is -0.330. The second-order valence-corrected chi connectivity index (χ2v) is 11.7. The monoisotopic (exact) mass is 493 g/mol. The summed E-state index contributed by atoms with van der Waals surface area (Å²) in [5.41, 5.74) is 0. The second kappa shape index (κ2) is 29.9. The summed E-state index contributed by atoms with van der Waals surface area (Å²) in [4.78, 5) is 12.1. The quantitative estimate of drug-likeness (QED) is 0.0911. The van der Waals surface area contributed by atoms with Crippen molar-refractivity contribution in [3.8, 4) is 0 Å². The van der Waals surface area contributed by atoms with Gasteiger partial charge in [-0.1, -0.05) is 187 Å². The molecular formula is C34H68O. The van der Waals surface area contributed by atoms with Crippen LogP contribution in [0.4, 0.5) is 0 Å². The first kappa shape index (κ1) is 34.7. The largest absolute Gasteiger partial charge is 0.300 e. The molecular weight excluding hydrogens is 424 g/mol. The van der Waals surface area contributed by atoms with Gasteiger partial charge < -0.3 is 0 Å². The highest BCUT2D eigenvalue weighted by molar-refractivity contribution is 5.78. The van der Waals surface area contributed by atoms with E-state index in [1.54, 1.807) is 0 Å². The van der Waals surface area contributed by atoms with Crippen molar-refractivity contribution in [2.75, 3.05) is 0 Å². The van der Waals surface area contributed by atoms with Crippen LogP contribution in [0.1, 0.15) is 207 Å². The van der Waals surface area contributed by atoms with Gasteiger partial charge in [-0.2, -0.15) is 0 Å². The van der Waals surface area contributed by atoms with Crippen LogP contribution in [0, 0.1) is 5.92 Å². The molecule has 0 aromatic heterocycles. The van der Waals surface area contributed by atoms with Crippen LogP contribution < -0.4 is 0 Å². The maximum absolute atomic E-state index is 12.1. The lowest BCUT2D eigenvalue weighted by Crippen LogP contribution is -2.10. The van der Waals surface area contributed by atoms with Gasteiger partial charge in [0, 0.05) is 5.92 Å². The molecule has 1 heteroatoms. The van der Waals surface area contributed by atoms with Crippen LogP contribution >= 0.6 is 0 Å². The number of hydrogen-bond acceptors (Lipinski definition) is 1. The SMILES string of the molecule is CCCCCCCCCCCCCCCCC(CCCCCCCCCCCCCCC)C(C)=O. The molecule has 0 aliphatic rings. The predicted octanol–water partition coefficient (Wildman–Crippen LogP) is 12.5. The Morgan fingerprint density at radius 3 is 0.771 bits per heavy atom. The molecule has 0 fully saturated rings. The third-order valence-corrected chi connectivity index (χ3v) is 8.14. The molecule has 35 heavy (non-hydrogen) atoms. The van der Waals surface area contributed by atoms with Crippen molar-refractivity contribution in [1.82, 2.24) is 0 Å². The lowest BCUT2D eigenvalue weighted by atomic mass is 9.91. The molecule has 0 bridgehead atoms. The van der Waals surface area contributed by atoms with E-state index in [4.69, 9.17) is 0 Å².